The van der Waals surface area contributed by atoms with E-state index in [1.807, 2.05) is 15.7 Å². The molecule has 0 radical (unpaired) electrons. The van der Waals surface area contributed by atoms with E-state index >= 15 is 0 Å². The fourth-order valence-corrected chi connectivity index (χ4v) is 4.11. The Morgan fingerprint density at radius 3 is 2.85 bits per heavy atom. The summed E-state index contributed by atoms with van der Waals surface area (Å²) in [5.74, 6) is 0.109. The molecule has 6 nitrogen and oxygen atoms in total. The number of hydrogen-bond acceptors (Lipinski definition) is 4. The van der Waals surface area contributed by atoms with Gasteiger partial charge in [-0.3, -0.25) is 9.48 Å². The summed E-state index contributed by atoms with van der Waals surface area (Å²) >= 11 is 0. The maximum Gasteiger partial charge on any atom is 0.274 e. The van der Waals surface area contributed by atoms with Gasteiger partial charge in [0.15, 0.2) is 5.69 Å². The van der Waals surface area contributed by atoms with Crippen molar-refractivity contribution in [1.82, 2.24) is 20.0 Å². The first-order chi connectivity index (χ1) is 13.1. The number of amides is 1. The quantitative estimate of drug-likeness (QED) is 0.561. The highest BCUT2D eigenvalue weighted by Crippen LogP contribution is 2.26. The number of allylic oxidation sites excluding steroid dienone is 1. The Kier molecular flexibility index (Phi) is 7.07. The van der Waals surface area contributed by atoms with E-state index < -0.39 is 0 Å². The van der Waals surface area contributed by atoms with E-state index in [4.69, 9.17) is 9.84 Å². The summed E-state index contributed by atoms with van der Waals surface area (Å²) in [5.41, 5.74) is 3.02. The first kappa shape index (κ1) is 20.1. The summed E-state index contributed by atoms with van der Waals surface area (Å²) in [6, 6.07) is 0.377. The Morgan fingerprint density at radius 1 is 1.37 bits per heavy atom. The number of nitrogens with zero attached hydrogens (tertiary/aromatic N) is 3. The van der Waals surface area contributed by atoms with Crippen LogP contribution in [0.4, 0.5) is 0 Å². The monoisotopic (exact) mass is 374 g/mol. The molecular formula is C21H34N4O2. The van der Waals surface area contributed by atoms with Crippen molar-refractivity contribution in [3.63, 3.8) is 0 Å². The third-order valence-corrected chi connectivity index (χ3v) is 5.48. The Morgan fingerprint density at radius 2 is 2.15 bits per heavy atom. The number of likely N-dealkylation sites (tertiary alicyclic amines) is 1. The number of rotatable bonds is 8. The topological polar surface area (TPSA) is 59.4 Å². The Labute approximate surface area is 162 Å². The molecule has 1 unspecified atom stereocenters. The van der Waals surface area contributed by atoms with Crippen LogP contribution in [0.15, 0.2) is 12.7 Å². The highest BCUT2D eigenvalue weighted by Gasteiger charge is 2.31. The van der Waals surface area contributed by atoms with Gasteiger partial charge >= 0.3 is 0 Å². The number of carbonyl (C=O) groups excluding carboxylic acids is 1. The maximum atomic E-state index is 13.1. The van der Waals surface area contributed by atoms with Crippen LogP contribution >= 0.6 is 0 Å². The zero-order valence-electron chi connectivity index (χ0n) is 16.9. The van der Waals surface area contributed by atoms with E-state index in [9.17, 15) is 4.79 Å². The van der Waals surface area contributed by atoms with Gasteiger partial charge < -0.3 is 15.0 Å². The molecule has 150 valence electrons. The lowest BCUT2D eigenvalue weighted by atomic mass is 9.91. The summed E-state index contributed by atoms with van der Waals surface area (Å²) in [4.78, 5) is 15.1. The first-order valence-corrected chi connectivity index (χ1v) is 10.4. The van der Waals surface area contributed by atoms with Gasteiger partial charge in [-0.05, 0) is 52.4 Å². The smallest absolute Gasteiger partial charge is 0.274 e. The molecule has 1 aliphatic carbocycles. The van der Waals surface area contributed by atoms with E-state index in [2.05, 4.69) is 25.7 Å². The molecule has 3 rings (SSSR count). The van der Waals surface area contributed by atoms with Gasteiger partial charge in [0.25, 0.3) is 5.91 Å². The predicted octanol–water partition coefficient (Wildman–Crippen LogP) is 2.57. The summed E-state index contributed by atoms with van der Waals surface area (Å²) < 4.78 is 7.61. The average molecular weight is 375 g/mol. The zero-order chi connectivity index (χ0) is 19.2. The highest BCUT2D eigenvalue weighted by atomic mass is 16.5. The van der Waals surface area contributed by atoms with Crippen molar-refractivity contribution < 1.29 is 9.53 Å². The van der Waals surface area contributed by atoms with E-state index in [0.29, 0.717) is 18.3 Å². The molecule has 1 aromatic rings. The Bertz CT molecular complexity index is 647. The van der Waals surface area contributed by atoms with E-state index in [1.165, 1.54) is 12.1 Å². The van der Waals surface area contributed by atoms with Crippen molar-refractivity contribution in [1.29, 1.82) is 0 Å². The molecule has 0 bridgehead atoms. The molecular weight excluding hydrogens is 340 g/mol. The van der Waals surface area contributed by atoms with Crippen molar-refractivity contribution in [2.75, 3.05) is 26.2 Å². The van der Waals surface area contributed by atoms with E-state index in [1.54, 1.807) is 0 Å². The summed E-state index contributed by atoms with van der Waals surface area (Å²) in [6.07, 6.45) is 8.41. The molecule has 0 saturated carbocycles. The minimum absolute atomic E-state index is 0.109. The average Bonchev–Trinajstić information content (AvgIpc) is 3.03. The molecule has 1 atom stereocenters. The molecule has 1 amide bonds. The Hall–Kier alpha value is -1.66. The fraction of sp³-hybridized carbons (Fsp3) is 0.714. The lowest BCUT2D eigenvalue weighted by Crippen LogP contribution is -2.39. The van der Waals surface area contributed by atoms with Crippen LogP contribution in [0.2, 0.25) is 0 Å². The van der Waals surface area contributed by atoms with Crippen LogP contribution in [0.3, 0.4) is 0 Å². The van der Waals surface area contributed by atoms with Crippen LogP contribution in [-0.2, 0) is 24.1 Å². The standard InChI is InChI=1S/C21H34N4O2/c1-4-11-25-19-9-8-17(22-10-14-27-16(2)3)15-18(19)20(23-25)21(26)24-12-6-5-7-13-24/h4,16-17,22H,1,5-15H2,2-3H3. The van der Waals surface area contributed by atoms with Crippen LogP contribution in [0.1, 0.15) is 61.3 Å². The third-order valence-electron chi connectivity index (χ3n) is 5.48. The van der Waals surface area contributed by atoms with Crippen LogP contribution in [0, 0.1) is 0 Å². The lowest BCUT2D eigenvalue weighted by Gasteiger charge is -2.28. The molecule has 1 N–H and O–H groups in total. The number of piperidine rings is 1. The van der Waals surface area contributed by atoms with Gasteiger partial charge in [-0.25, -0.2) is 0 Å². The SMILES string of the molecule is C=CCn1nc(C(=O)N2CCCCC2)c2c1CCC(NCCOC(C)C)C2. The minimum atomic E-state index is 0.109. The molecule has 0 spiro atoms. The van der Waals surface area contributed by atoms with Gasteiger partial charge in [-0.2, -0.15) is 5.10 Å². The van der Waals surface area contributed by atoms with Crippen molar-refractivity contribution >= 4 is 5.91 Å². The van der Waals surface area contributed by atoms with Gasteiger partial charge in [0.05, 0.1) is 19.3 Å². The van der Waals surface area contributed by atoms with Crippen molar-refractivity contribution in [3.05, 3.63) is 29.6 Å². The van der Waals surface area contributed by atoms with Gasteiger partial charge in [0.1, 0.15) is 0 Å². The summed E-state index contributed by atoms with van der Waals surface area (Å²) in [6.45, 7) is 11.9. The second-order valence-corrected chi connectivity index (χ2v) is 7.91. The fourth-order valence-electron chi connectivity index (χ4n) is 4.11. The van der Waals surface area contributed by atoms with Crippen LogP contribution in [-0.4, -0.2) is 59.0 Å². The highest BCUT2D eigenvalue weighted by molar-refractivity contribution is 5.94. The maximum absolute atomic E-state index is 13.1. The first-order valence-electron chi connectivity index (χ1n) is 10.4. The number of hydrogen-bond donors (Lipinski definition) is 1. The van der Waals surface area contributed by atoms with Crippen LogP contribution in [0.5, 0.6) is 0 Å². The zero-order valence-corrected chi connectivity index (χ0v) is 16.9. The van der Waals surface area contributed by atoms with Crippen LogP contribution in [0.25, 0.3) is 0 Å². The Balaban J connectivity index is 1.72. The molecule has 6 heteroatoms. The number of ether oxygens (including phenoxy) is 1. The van der Waals surface area contributed by atoms with Crippen molar-refractivity contribution in [2.45, 2.75) is 71.1 Å². The summed E-state index contributed by atoms with van der Waals surface area (Å²) in [5, 5.41) is 8.31. The van der Waals surface area contributed by atoms with Gasteiger partial charge in [-0.15, -0.1) is 6.58 Å². The van der Waals surface area contributed by atoms with Gasteiger partial charge in [-0.1, -0.05) is 6.08 Å². The molecule has 2 heterocycles. The minimum Gasteiger partial charge on any atom is -0.377 e. The molecule has 1 aromatic heterocycles. The molecule has 1 aliphatic heterocycles. The predicted molar refractivity (Wildman–Crippen MR) is 107 cm³/mol. The second-order valence-electron chi connectivity index (χ2n) is 7.91. The largest absolute Gasteiger partial charge is 0.377 e. The molecule has 1 fully saturated rings. The third kappa shape index (κ3) is 4.99. The molecule has 1 saturated heterocycles. The van der Waals surface area contributed by atoms with E-state index in [-0.39, 0.29) is 12.0 Å². The van der Waals surface area contributed by atoms with E-state index in [0.717, 1.165) is 63.9 Å². The summed E-state index contributed by atoms with van der Waals surface area (Å²) in [7, 11) is 0. The molecule has 27 heavy (non-hydrogen) atoms. The number of aromatic nitrogens is 2. The van der Waals surface area contributed by atoms with Crippen molar-refractivity contribution in [2.24, 2.45) is 0 Å². The number of carbonyl (C=O) groups is 1. The molecule has 2 aliphatic rings. The molecule has 0 aromatic carbocycles. The normalized spacial score (nSPS) is 20.0. The number of nitrogens with one attached hydrogen (secondary N) is 1. The van der Waals surface area contributed by atoms with Gasteiger partial charge in [0.2, 0.25) is 0 Å². The van der Waals surface area contributed by atoms with Gasteiger partial charge in [0, 0.05) is 36.9 Å². The number of fused-ring (bicyclic) bond motifs is 1. The van der Waals surface area contributed by atoms with Crippen LogP contribution < -0.4 is 5.32 Å². The van der Waals surface area contributed by atoms with Crippen molar-refractivity contribution in [3.8, 4) is 0 Å². The second kappa shape index (κ2) is 9.51. The lowest BCUT2D eigenvalue weighted by molar-refractivity contribution is 0.0715.